The highest BCUT2D eigenvalue weighted by atomic mass is 19.1. The average Bonchev–Trinajstić information content (AvgIpc) is 2.76. The minimum absolute atomic E-state index is 0.00237. The molecule has 0 amide bonds. The Morgan fingerprint density at radius 3 is 2.60 bits per heavy atom. The van der Waals surface area contributed by atoms with Gasteiger partial charge in [-0.05, 0) is 42.0 Å². The molecule has 1 heterocycles. The highest BCUT2D eigenvalue weighted by Gasteiger charge is 2.17. The van der Waals surface area contributed by atoms with Gasteiger partial charge in [0.15, 0.2) is 17.3 Å². The fourth-order valence-corrected chi connectivity index (χ4v) is 3.23. The molecule has 1 N–H and O–H groups in total. The normalized spacial score (nSPS) is 15.9. The Bertz CT molecular complexity index is 922. The zero-order chi connectivity index (χ0) is 21.3. The monoisotopic (exact) mass is 412 g/mol. The molecule has 0 saturated carbocycles. The summed E-state index contributed by atoms with van der Waals surface area (Å²) >= 11 is 0. The first-order valence-corrected chi connectivity index (χ1v) is 9.88. The largest absolute Gasteiger partial charge is 0.507 e. The number of carbonyl (C=O) groups excluding carboxylic acids is 1. The number of halogens is 1. The maximum absolute atomic E-state index is 14.5. The highest BCUT2D eigenvalue weighted by molar-refractivity contribution is 5.93. The molecule has 0 spiro atoms. The van der Waals surface area contributed by atoms with Gasteiger partial charge in [-0.15, -0.1) is 10.2 Å². The SMILES string of the molecule is CC(=O)C(N=Nc1ccc(C2CCOCC2)cc1F)=C(O)COCc1ccccc1. The van der Waals surface area contributed by atoms with Crippen LogP contribution >= 0.6 is 0 Å². The minimum Gasteiger partial charge on any atom is -0.507 e. The van der Waals surface area contributed by atoms with E-state index in [-0.39, 0.29) is 36.3 Å². The number of benzene rings is 2. The number of Topliss-reactive ketones (excluding diaryl/α,β-unsaturated/α-hetero) is 1. The van der Waals surface area contributed by atoms with E-state index in [4.69, 9.17) is 9.47 Å². The van der Waals surface area contributed by atoms with Gasteiger partial charge in [0.25, 0.3) is 0 Å². The summed E-state index contributed by atoms with van der Waals surface area (Å²) in [4.78, 5) is 11.9. The standard InChI is InChI=1S/C23H25FN2O4/c1-16(27)23(22(28)15-30-14-17-5-3-2-4-6-17)26-25-21-8-7-19(13-20(21)24)18-9-11-29-12-10-18/h2-8,13,18,28H,9-12,14-15H2,1H3. The van der Waals surface area contributed by atoms with Crippen LogP contribution in [0.15, 0.2) is 70.2 Å². The van der Waals surface area contributed by atoms with E-state index in [2.05, 4.69) is 10.2 Å². The fourth-order valence-electron chi connectivity index (χ4n) is 3.23. The number of hydrogen-bond donors (Lipinski definition) is 1. The van der Waals surface area contributed by atoms with Gasteiger partial charge in [-0.25, -0.2) is 4.39 Å². The third-order valence-electron chi connectivity index (χ3n) is 4.88. The Kier molecular flexibility index (Phi) is 7.82. The van der Waals surface area contributed by atoms with Crippen LogP contribution in [0.5, 0.6) is 0 Å². The van der Waals surface area contributed by atoms with E-state index in [0.29, 0.717) is 13.2 Å². The number of aliphatic hydroxyl groups is 1. The lowest BCUT2D eigenvalue weighted by atomic mass is 9.91. The molecule has 6 nitrogen and oxygen atoms in total. The van der Waals surface area contributed by atoms with Crippen molar-refractivity contribution >= 4 is 11.5 Å². The van der Waals surface area contributed by atoms with Crippen LogP contribution in [-0.4, -0.2) is 30.7 Å². The Hall–Kier alpha value is -2.90. The molecule has 3 rings (SSSR count). The Balaban J connectivity index is 1.67. The molecule has 30 heavy (non-hydrogen) atoms. The fraction of sp³-hybridized carbons (Fsp3) is 0.348. The topological polar surface area (TPSA) is 80.5 Å². The molecule has 158 valence electrons. The van der Waals surface area contributed by atoms with Crippen molar-refractivity contribution in [2.24, 2.45) is 10.2 Å². The van der Waals surface area contributed by atoms with Crippen molar-refractivity contribution in [3.63, 3.8) is 0 Å². The van der Waals surface area contributed by atoms with Gasteiger partial charge in [0, 0.05) is 20.1 Å². The van der Waals surface area contributed by atoms with E-state index in [1.54, 1.807) is 0 Å². The molecule has 2 aromatic rings. The molecule has 7 heteroatoms. The van der Waals surface area contributed by atoms with E-state index in [1.807, 2.05) is 36.4 Å². The van der Waals surface area contributed by atoms with Crippen molar-refractivity contribution in [2.45, 2.75) is 32.3 Å². The van der Waals surface area contributed by atoms with Crippen LogP contribution in [0.3, 0.4) is 0 Å². The van der Waals surface area contributed by atoms with Gasteiger partial charge in [-0.1, -0.05) is 36.4 Å². The Labute approximate surface area is 175 Å². The predicted molar refractivity (Wildman–Crippen MR) is 110 cm³/mol. The molecule has 0 atom stereocenters. The molecule has 0 unspecified atom stereocenters. The van der Waals surface area contributed by atoms with Crippen molar-refractivity contribution in [3.05, 3.63) is 76.9 Å². The summed E-state index contributed by atoms with van der Waals surface area (Å²) in [6, 6.07) is 14.2. The van der Waals surface area contributed by atoms with Crippen LogP contribution < -0.4 is 0 Å². The maximum atomic E-state index is 14.5. The lowest BCUT2D eigenvalue weighted by molar-refractivity contribution is -0.113. The summed E-state index contributed by atoms with van der Waals surface area (Å²) in [6.45, 7) is 2.67. The van der Waals surface area contributed by atoms with Crippen LogP contribution in [-0.2, 0) is 20.9 Å². The molecule has 0 aliphatic carbocycles. The van der Waals surface area contributed by atoms with Crippen molar-refractivity contribution in [1.82, 2.24) is 0 Å². The number of carbonyl (C=O) groups is 1. The number of ether oxygens (including phenoxy) is 2. The van der Waals surface area contributed by atoms with Crippen LogP contribution in [0.1, 0.15) is 36.8 Å². The van der Waals surface area contributed by atoms with Gasteiger partial charge < -0.3 is 14.6 Å². The summed E-state index contributed by atoms with van der Waals surface area (Å²) in [5, 5.41) is 17.8. The molecule has 2 aromatic carbocycles. The number of rotatable bonds is 8. The molecular weight excluding hydrogens is 387 g/mol. The van der Waals surface area contributed by atoms with E-state index in [0.717, 1.165) is 24.0 Å². The van der Waals surface area contributed by atoms with E-state index < -0.39 is 11.6 Å². The number of nitrogens with zero attached hydrogens (tertiary/aromatic N) is 2. The van der Waals surface area contributed by atoms with E-state index >= 15 is 0 Å². The van der Waals surface area contributed by atoms with Crippen LogP contribution in [0.4, 0.5) is 10.1 Å². The molecule has 0 radical (unpaired) electrons. The van der Waals surface area contributed by atoms with Crippen molar-refractivity contribution < 1.29 is 23.8 Å². The number of allylic oxidation sites excluding steroid dienone is 1. The summed E-state index contributed by atoms with van der Waals surface area (Å²) in [5.41, 5.74) is 1.58. The molecule has 0 bridgehead atoms. The van der Waals surface area contributed by atoms with Crippen molar-refractivity contribution in [2.75, 3.05) is 19.8 Å². The number of azo groups is 1. The number of ketones is 1. The van der Waals surface area contributed by atoms with Gasteiger partial charge in [-0.2, -0.15) is 0 Å². The molecule has 1 aliphatic rings. The van der Waals surface area contributed by atoms with Gasteiger partial charge in [0.1, 0.15) is 18.1 Å². The Morgan fingerprint density at radius 2 is 1.93 bits per heavy atom. The number of hydrogen-bond acceptors (Lipinski definition) is 6. The smallest absolute Gasteiger partial charge is 0.183 e. The van der Waals surface area contributed by atoms with Gasteiger partial charge in [0.2, 0.25) is 0 Å². The van der Waals surface area contributed by atoms with Crippen LogP contribution in [0.25, 0.3) is 0 Å². The van der Waals surface area contributed by atoms with Gasteiger partial charge >= 0.3 is 0 Å². The average molecular weight is 412 g/mol. The molecular formula is C23H25FN2O4. The van der Waals surface area contributed by atoms with Crippen molar-refractivity contribution in [1.29, 1.82) is 0 Å². The second kappa shape index (κ2) is 10.8. The molecule has 1 saturated heterocycles. The van der Waals surface area contributed by atoms with E-state index in [1.165, 1.54) is 19.1 Å². The summed E-state index contributed by atoms with van der Waals surface area (Å²) in [6.07, 6.45) is 1.71. The first-order chi connectivity index (χ1) is 14.5. The van der Waals surface area contributed by atoms with Crippen molar-refractivity contribution in [3.8, 4) is 0 Å². The first kappa shape index (κ1) is 21.8. The van der Waals surface area contributed by atoms with E-state index in [9.17, 15) is 14.3 Å². The van der Waals surface area contributed by atoms with Crippen LogP contribution in [0, 0.1) is 5.82 Å². The second-order valence-electron chi connectivity index (χ2n) is 7.13. The lowest BCUT2D eigenvalue weighted by Crippen LogP contribution is -2.14. The third-order valence-corrected chi connectivity index (χ3v) is 4.88. The third kappa shape index (κ3) is 6.05. The minimum atomic E-state index is -0.523. The number of aliphatic hydroxyl groups excluding tert-OH is 1. The maximum Gasteiger partial charge on any atom is 0.183 e. The quantitative estimate of drug-likeness (QED) is 0.359. The predicted octanol–water partition coefficient (Wildman–Crippen LogP) is 5.38. The zero-order valence-electron chi connectivity index (χ0n) is 16.9. The molecule has 0 aromatic heterocycles. The molecule has 1 aliphatic heterocycles. The van der Waals surface area contributed by atoms with Gasteiger partial charge in [-0.3, -0.25) is 4.79 Å². The Morgan fingerprint density at radius 1 is 1.20 bits per heavy atom. The summed E-state index contributed by atoms with van der Waals surface area (Å²) in [5.74, 6) is -1.09. The highest BCUT2D eigenvalue weighted by Crippen LogP contribution is 2.30. The zero-order valence-corrected chi connectivity index (χ0v) is 16.9. The first-order valence-electron chi connectivity index (χ1n) is 9.88. The van der Waals surface area contributed by atoms with Crippen LogP contribution in [0.2, 0.25) is 0 Å². The molecule has 1 fully saturated rings. The summed E-state index contributed by atoms with van der Waals surface area (Å²) < 4.78 is 25.2. The summed E-state index contributed by atoms with van der Waals surface area (Å²) in [7, 11) is 0. The van der Waals surface area contributed by atoms with Gasteiger partial charge in [0.05, 0.1) is 6.61 Å². The second-order valence-corrected chi connectivity index (χ2v) is 7.13. The lowest BCUT2D eigenvalue weighted by Gasteiger charge is -2.22.